The molecule has 2 atom stereocenters. The van der Waals surface area contributed by atoms with Gasteiger partial charge in [-0.3, -0.25) is 9.59 Å². The fraction of sp³-hybridized carbons (Fsp3) is 0.619. The molecule has 7 nitrogen and oxygen atoms in total. The number of benzene rings is 1. The molecule has 0 radical (unpaired) electrons. The molecule has 7 heteroatoms. The number of aryl methyl sites for hydroxylation is 1. The summed E-state index contributed by atoms with van der Waals surface area (Å²) in [5.74, 6) is -0.0921. The van der Waals surface area contributed by atoms with Crippen molar-refractivity contribution < 1.29 is 24.5 Å². The Kier molecular flexibility index (Phi) is 7.42. The highest BCUT2D eigenvalue weighted by molar-refractivity contribution is 5.81. The smallest absolute Gasteiger partial charge is 0.251 e. The lowest BCUT2D eigenvalue weighted by molar-refractivity contribution is -0.147. The summed E-state index contributed by atoms with van der Waals surface area (Å²) in [5, 5.41) is 19.4. The predicted molar refractivity (Wildman–Crippen MR) is 103 cm³/mol. The summed E-state index contributed by atoms with van der Waals surface area (Å²) < 4.78 is 5.58. The largest absolute Gasteiger partial charge is 0.392 e. The van der Waals surface area contributed by atoms with Gasteiger partial charge in [-0.1, -0.05) is 24.3 Å². The summed E-state index contributed by atoms with van der Waals surface area (Å²) in [6.07, 6.45) is 2.49. The topological polar surface area (TPSA) is 90.3 Å². The molecule has 0 aromatic heterocycles. The van der Waals surface area contributed by atoms with Gasteiger partial charge in [0.2, 0.25) is 5.91 Å². The van der Waals surface area contributed by atoms with Gasteiger partial charge in [0.15, 0.2) is 0 Å². The Morgan fingerprint density at radius 1 is 1.04 bits per heavy atom. The maximum Gasteiger partial charge on any atom is 0.251 e. The second-order valence-corrected chi connectivity index (χ2v) is 7.61. The molecule has 2 aliphatic rings. The minimum absolute atomic E-state index is 0.00595. The van der Waals surface area contributed by atoms with Crippen LogP contribution in [0.25, 0.3) is 0 Å². The highest BCUT2D eigenvalue weighted by atomic mass is 16.5. The Morgan fingerprint density at radius 3 is 2.39 bits per heavy atom. The third kappa shape index (κ3) is 5.53. The van der Waals surface area contributed by atoms with Gasteiger partial charge in [-0.05, 0) is 36.8 Å². The molecule has 2 fully saturated rings. The molecule has 0 aliphatic carbocycles. The maximum absolute atomic E-state index is 12.7. The predicted octanol–water partition coefficient (Wildman–Crippen LogP) is 0.712. The van der Waals surface area contributed by atoms with E-state index >= 15 is 0 Å². The van der Waals surface area contributed by atoms with Crippen LogP contribution in [0.5, 0.6) is 0 Å². The third-order valence-electron chi connectivity index (χ3n) is 5.45. The first-order valence-electron chi connectivity index (χ1n) is 10.1. The molecule has 0 bridgehead atoms. The molecule has 1 aromatic carbocycles. The van der Waals surface area contributed by atoms with Crippen molar-refractivity contribution in [2.24, 2.45) is 0 Å². The summed E-state index contributed by atoms with van der Waals surface area (Å²) in [6.45, 7) is 1.95. The number of hydrogen-bond acceptors (Lipinski definition) is 5. The number of hydrogen-bond donors (Lipinski definition) is 2. The molecule has 2 saturated heterocycles. The Labute approximate surface area is 165 Å². The van der Waals surface area contributed by atoms with Crippen LogP contribution in [0.15, 0.2) is 24.3 Å². The molecule has 2 amide bonds. The monoisotopic (exact) mass is 390 g/mol. The van der Waals surface area contributed by atoms with E-state index in [1.165, 1.54) is 0 Å². The maximum atomic E-state index is 12.7. The number of nitrogens with zero attached hydrogens (tertiary/aromatic N) is 2. The molecule has 3 rings (SSSR count). The fourth-order valence-electron chi connectivity index (χ4n) is 3.78. The molecular weight excluding hydrogens is 360 g/mol. The van der Waals surface area contributed by atoms with E-state index in [-0.39, 0.29) is 31.5 Å². The van der Waals surface area contributed by atoms with Crippen molar-refractivity contribution in [2.45, 2.75) is 50.9 Å². The average Bonchev–Trinajstić information content (AvgIpc) is 2.94. The van der Waals surface area contributed by atoms with Gasteiger partial charge in [0.25, 0.3) is 5.91 Å². The number of β-amino-alcohol motifs (C(OH)–C–C–N with tert-alkyl or cyclic N) is 1. The van der Waals surface area contributed by atoms with Crippen LogP contribution in [0.1, 0.15) is 36.8 Å². The first-order valence-corrected chi connectivity index (χ1v) is 10.1. The Hall–Kier alpha value is -1.96. The number of rotatable bonds is 5. The Balaban J connectivity index is 1.51. The highest BCUT2D eigenvalue weighted by Crippen LogP contribution is 2.17. The van der Waals surface area contributed by atoms with Crippen molar-refractivity contribution in [1.29, 1.82) is 0 Å². The van der Waals surface area contributed by atoms with Crippen molar-refractivity contribution >= 4 is 11.8 Å². The van der Waals surface area contributed by atoms with Gasteiger partial charge in [-0.15, -0.1) is 0 Å². The number of carbonyl (C=O) groups excluding carboxylic acids is 2. The van der Waals surface area contributed by atoms with Gasteiger partial charge in [0.1, 0.15) is 6.10 Å². The normalized spacial score (nSPS) is 23.4. The minimum atomic E-state index is -0.747. The summed E-state index contributed by atoms with van der Waals surface area (Å²) >= 11 is 0. The quantitative estimate of drug-likeness (QED) is 0.773. The summed E-state index contributed by atoms with van der Waals surface area (Å²) in [7, 11) is 0. The third-order valence-corrected chi connectivity index (χ3v) is 5.45. The summed E-state index contributed by atoms with van der Waals surface area (Å²) in [6, 6.07) is 7.54. The fourth-order valence-corrected chi connectivity index (χ4v) is 3.78. The second kappa shape index (κ2) is 10.0. The molecular formula is C21H30N2O5. The molecule has 2 N–H and O–H groups in total. The van der Waals surface area contributed by atoms with Gasteiger partial charge in [0.05, 0.1) is 12.7 Å². The number of carbonyl (C=O) groups is 2. The van der Waals surface area contributed by atoms with Crippen LogP contribution in [0.4, 0.5) is 0 Å². The number of aliphatic hydroxyl groups is 2. The summed E-state index contributed by atoms with van der Waals surface area (Å²) in [5.41, 5.74) is 1.88. The number of ether oxygens (including phenoxy) is 1. The SMILES string of the molecule is O=C(CCc1ccc(CO)cc1)N1CCN(C(=O)C2CCCCO2)CC(O)C1. The lowest BCUT2D eigenvalue weighted by atomic mass is 10.1. The molecule has 0 saturated carbocycles. The van der Waals surface area contributed by atoms with Gasteiger partial charge < -0.3 is 24.7 Å². The molecule has 154 valence electrons. The van der Waals surface area contributed by atoms with E-state index in [0.29, 0.717) is 32.5 Å². The van der Waals surface area contributed by atoms with Gasteiger partial charge in [0, 0.05) is 39.2 Å². The molecule has 2 aliphatic heterocycles. The lowest BCUT2D eigenvalue weighted by Crippen LogP contribution is -2.45. The zero-order valence-electron chi connectivity index (χ0n) is 16.3. The summed E-state index contributed by atoms with van der Waals surface area (Å²) in [4.78, 5) is 28.6. The van der Waals surface area contributed by atoms with Crippen LogP contribution in [-0.4, -0.2) is 76.8 Å². The first kappa shape index (κ1) is 20.8. The average molecular weight is 390 g/mol. The van der Waals surface area contributed by atoms with E-state index in [9.17, 15) is 14.7 Å². The van der Waals surface area contributed by atoms with E-state index in [4.69, 9.17) is 9.84 Å². The van der Waals surface area contributed by atoms with Crippen molar-refractivity contribution in [3.8, 4) is 0 Å². The number of amides is 2. The van der Waals surface area contributed by atoms with Crippen molar-refractivity contribution in [3.05, 3.63) is 35.4 Å². The van der Waals surface area contributed by atoms with Gasteiger partial charge in [-0.2, -0.15) is 0 Å². The zero-order valence-corrected chi connectivity index (χ0v) is 16.3. The van der Waals surface area contributed by atoms with E-state index in [0.717, 1.165) is 30.4 Å². The van der Waals surface area contributed by atoms with Gasteiger partial charge in [-0.25, -0.2) is 0 Å². The van der Waals surface area contributed by atoms with E-state index in [2.05, 4.69) is 0 Å². The van der Waals surface area contributed by atoms with Crippen LogP contribution in [0.2, 0.25) is 0 Å². The first-order chi connectivity index (χ1) is 13.6. The molecule has 2 heterocycles. The van der Waals surface area contributed by atoms with Crippen LogP contribution in [0, 0.1) is 0 Å². The zero-order chi connectivity index (χ0) is 19.9. The Bertz CT molecular complexity index is 657. The van der Waals surface area contributed by atoms with E-state index < -0.39 is 12.2 Å². The van der Waals surface area contributed by atoms with E-state index in [1.54, 1.807) is 9.80 Å². The van der Waals surface area contributed by atoms with Crippen molar-refractivity contribution in [1.82, 2.24) is 9.80 Å². The van der Waals surface area contributed by atoms with Crippen molar-refractivity contribution in [2.75, 3.05) is 32.8 Å². The van der Waals surface area contributed by atoms with E-state index in [1.807, 2.05) is 24.3 Å². The molecule has 1 aromatic rings. The van der Waals surface area contributed by atoms with Crippen LogP contribution in [-0.2, 0) is 27.4 Å². The van der Waals surface area contributed by atoms with Crippen LogP contribution in [0.3, 0.4) is 0 Å². The standard InChI is InChI=1S/C21H30N2O5/c24-15-17-6-4-16(5-7-17)8-9-20(26)22-10-11-23(14-18(25)13-22)21(27)19-3-1-2-12-28-19/h4-7,18-19,24-25H,1-3,8-15H2. The Morgan fingerprint density at radius 2 is 1.71 bits per heavy atom. The van der Waals surface area contributed by atoms with Gasteiger partial charge >= 0.3 is 0 Å². The minimum Gasteiger partial charge on any atom is -0.392 e. The second-order valence-electron chi connectivity index (χ2n) is 7.61. The highest BCUT2D eigenvalue weighted by Gasteiger charge is 2.31. The molecule has 28 heavy (non-hydrogen) atoms. The molecule has 2 unspecified atom stereocenters. The number of aliphatic hydroxyl groups excluding tert-OH is 2. The van der Waals surface area contributed by atoms with Crippen LogP contribution < -0.4 is 0 Å². The van der Waals surface area contributed by atoms with Crippen LogP contribution >= 0.6 is 0 Å². The van der Waals surface area contributed by atoms with Crippen molar-refractivity contribution in [3.63, 3.8) is 0 Å². The molecule has 0 spiro atoms. The lowest BCUT2D eigenvalue weighted by Gasteiger charge is -2.29.